The quantitative estimate of drug-likeness (QED) is 0.686. The van der Waals surface area contributed by atoms with Gasteiger partial charge in [0.05, 0.1) is 6.61 Å². The van der Waals surface area contributed by atoms with Gasteiger partial charge in [-0.1, -0.05) is 6.42 Å². The molecule has 1 aliphatic heterocycles. The molecule has 1 heterocycles. The minimum atomic E-state index is 0.278. The molecular weight excluding hydrogens is 176 g/mol. The molecule has 0 aliphatic carbocycles. The summed E-state index contributed by atoms with van der Waals surface area (Å²) in [5.41, 5.74) is 0. The number of piperidine rings is 1. The van der Waals surface area contributed by atoms with Crippen molar-refractivity contribution in [2.75, 3.05) is 46.4 Å². The van der Waals surface area contributed by atoms with E-state index in [-0.39, 0.29) is 6.61 Å². The molecular formula is C11H24N2O. The second-order valence-electron chi connectivity index (χ2n) is 4.28. The Labute approximate surface area is 87.7 Å². The van der Waals surface area contributed by atoms with Gasteiger partial charge in [0.1, 0.15) is 0 Å². The highest BCUT2D eigenvalue weighted by molar-refractivity contribution is 4.65. The molecule has 84 valence electrons. The predicted octanol–water partition coefficient (Wildman–Crippen LogP) is 0.786. The third-order valence-electron chi connectivity index (χ3n) is 2.94. The first-order valence-electron chi connectivity index (χ1n) is 5.84. The van der Waals surface area contributed by atoms with Gasteiger partial charge < -0.3 is 14.9 Å². The van der Waals surface area contributed by atoms with Gasteiger partial charge in [0, 0.05) is 6.54 Å². The van der Waals surface area contributed by atoms with Crippen molar-refractivity contribution in [2.24, 2.45) is 0 Å². The van der Waals surface area contributed by atoms with Crippen LogP contribution in [-0.4, -0.2) is 61.3 Å². The van der Waals surface area contributed by atoms with Crippen LogP contribution >= 0.6 is 0 Å². The van der Waals surface area contributed by atoms with E-state index in [1.165, 1.54) is 45.3 Å². The number of rotatable bonds is 6. The molecule has 0 bridgehead atoms. The van der Waals surface area contributed by atoms with Crippen LogP contribution in [0.15, 0.2) is 0 Å². The number of aliphatic hydroxyl groups excluding tert-OH is 1. The summed E-state index contributed by atoms with van der Waals surface area (Å²) in [5.74, 6) is 0. The summed E-state index contributed by atoms with van der Waals surface area (Å²) in [4.78, 5) is 4.76. The summed E-state index contributed by atoms with van der Waals surface area (Å²) in [7, 11) is 2.08. The van der Waals surface area contributed by atoms with Crippen LogP contribution in [0.4, 0.5) is 0 Å². The zero-order chi connectivity index (χ0) is 10.2. The standard InChI is InChI=1S/C11H24N2O/c1-12(10-11-14)6-5-9-13-7-3-2-4-8-13/h14H,2-11H2,1H3. The molecule has 1 aliphatic rings. The van der Waals surface area contributed by atoms with Crippen molar-refractivity contribution in [1.82, 2.24) is 9.80 Å². The minimum absolute atomic E-state index is 0.278. The molecule has 0 aromatic heterocycles. The highest BCUT2D eigenvalue weighted by Gasteiger charge is 2.09. The summed E-state index contributed by atoms with van der Waals surface area (Å²) >= 11 is 0. The normalized spacial score (nSPS) is 19.1. The van der Waals surface area contributed by atoms with Gasteiger partial charge in [-0.2, -0.15) is 0 Å². The van der Waals surface area contributed by atoms with E-state index < -0.39 is 0 Å². The fourth-order valence-corrected chi connectivity index (χ4v) is 2.03. The maximum absolute atomic E-state index is 8.73. The van der Waals surface area contributed by atoms with Crippen LogP contribution in [0.5, 0.6) is 0 Å². The molecule has 0 saturated carbocycles. The monoisotopic (exact) mass is 200 g/mol. The van der Waals surface area contributed by atoms with Crippen LogP contribution < -0.4 is 0 Å². The maximum Gasteiger partial charge on any atom is 0.0558 e. The van der Waals surface area contributed by atoms with Gasteiger partial charge in [-0.05, 0) is 52.5 Å². The lowest BCUT2D eigenvalue weighted by molar-refractivity contribution is 0.193. The Kier molecular flexibility index (Phi) is 6.15. The van der Waals surface area contributed by atoms with Crippen LogP contribution in [0.3, 0.4) is 0 Å². The average Bonchev–Trinajstić information content (AvgIpc) is 2.20. The molecule has 0 atom stereocenters. The van der Waals surface area contributed by atoms with E-state index in [1.54, 1.807) is 0 Å². The van der Waals surface area contributed by atoms with E-state index >= 15 is 0 Å². The molecule has 0 spiro atoms. The van der Waals surface area contributed by atoms with Crippen molar-refractivity contribution < 1.29 is 5.11 Å². The summed E-state index contributed by atoms with van der Waals surface area (Å²) in [6.07, 6.45) is 5.41. The number of hydrogen-bond donors (Lipinski definition) is 1. The molecule has 0 amide bonds. The zero-order valence-corrected chi connectivity index (χ0v) is 9.41. The molecule has 1 N–H and O–H groups in total. The Morgan fingerprint density at radius 2 is 1.86 bits per heavy atom. The largest absolute Gasteiger partial charge is 0.395 e. The number of likely N-dealkylation sites (tertiary alicyclic amines) is 1. The molecule has 0 aromatic rings. The molecule has 0 aromatic carbocycles. The van der Waals surface area contributed by atoms with Crippen molar-refractivity contribution in [1.29, 1.82) is 0 Å². The first-order valence-corrected chi connectivity index (χ1v) is 5.84. The van der Waals surface area contributed by atoms with Crippen molar-refractivity contribution in [3.05, 3.63) is 0 Å². The molecule has 0 unspecified atom stereocenters. The van der Waals surface area contributed by atoms with Gasteiger partial charge in [-0.25, -0.2) is 0 Å². The fourth-order valence-electron chi connectivity index (χ4n) is 2.03. The topological polar surface area (TPSA) is 26.7 Å². The Morgan fingerprint density at radius 3 is 2.50 bits per heavy atom. The van der Waals surface area contributed by atoms with E-state index in [9.17, 15) is 0 Å². The molecule has 1 rings (SSSR count). The SMILES string of the molecule is CN(CCO)CCCN1CCCCC1. The highest BCUT2D eigenvalue weighted by Crippen LogP contribution is 2.08. The van der Waals surface area contributed by atoms with Gasteiger partial charge in [-0.3, -0.25) is 0 Å². The lowest BCUT2D eigenvalue weighted by Gasteiger charge is -2.27. The number of nitrogens with zero attached hydrogens (tertiary/aromatic N) is 2. The van der Waals surface area contributed by atoms with Crippen LogP contribution in [0.2, 0.25) is 0 Å². The molecule has 1 saturated heterocycles. The predicted molar refractivity (Wildman–Crippen MR) is 59.5 cm³/mol. The third-order valence-corrected chi connectivity index (χ3v) is 2.94. The van der Waals surface area contributed by atoms with Crippen molar-refractivity contribution in [3.8, 4) is 0 Å². The van der Waals surface area contributed by atoms with E-state index in [4.69, 9.17) is 5.11 Å². The second-order valence-corrected chi connectivity index (χ2v) is 4.28. The Hall–Kier alpha value is -0.120. The van der Waals surface area contributed by atoms with Crippen LogP contribution in [0.1, 0.15) is 25.7 Å². The van der Waals surface area contributed by atoms with Crippen molar-refractivity contribution in [2.45, 2.75) is 25.7 Å². The Morgan fingerprint density at radius 1 is 1.14 bits per heavy atom. The van der Waals surface area contributed by atoms with Gasteiger partial charge in [-0.15, -0.1) is 0 Å². The third kappa shape index (κ3) is 4.94. The minimum Gasteiger partial charge on any atom is -0.395 e. The summed E-state index contributed by atoms with van der Waals surface area (Å²) in [6.45, 7) is 6.01. The molecule has 0 radical (unpaired) electrons. The van der Waals surface area contributed by atoms with Gasteiger partial charge in [0.2, 0.25) is 0 Å². The molecule has 1 fully saturated rings. The maximum atomic E-state index is 8.73. The van der Waals surface area contributed by atoms with Crippen LogP contribution in [0.25, 0.3) is 0 Å². The molecule has 14 heavy (non-hydrogen) atoms. The van der Waals surface area contributed by atoms with Gasteiger partial charge >= 0.3 is 0 Å². The Balaban J connectivity index is 1.96. The summed E-state index contributed by atoms with van der Waals surface area (Å²) in [5, 5.41) is 8.73. The lowest BCUT2D eigenvalue weighted by Crippen LogP contribution is -2.33. The number of hydrogen-bond acceptors (Lipinski definition) is 3. The van der Waals surface area contributed by atoms with Crippen molar-refractivity contribution >= 4 is 0 Å². The van der Waals surface area contributed by atoms with Gasteiger partial charge in [0.25, 0.3) is 0 Å². The van der Waals surface area contributed by atoms with E-state index in [2.05, 4.69) is 16.8 Å². The van der Waals surface area contributed by atoms with E-state index in [1.807, 2.05) is 0 Å². The summed E-state index contributed by atoms with van der Waals surface area (Å²) in [6, 6.07) is 0. The lowest BCUT2D eigenvalue weighted by atomic mass is 10.1. The summed E-state index contributed by atoms with van der Waals surface area (Å²) < 4.78 is 0. The Bertz CT molecular complexity index is 135. The highest BCUT2D eigenvalue weighted by atomic mass is 16.3. The first kappa shape index (κ1) is 12.0. The average molecular weight is 200 g/mol. The second kappa shape index (κ2) is 7.21. The van der Waals surface area contributed by atoms with Crippen LogP contribution in [-0.2, 0) is 0 Å². The van der Waals surface area contributed by atoms with E-state index in [0.29, 0.717) is 0 Å². The van der Waals surface area contributed by atoms with Gasteiger partial charge in [0.15, 0.2) is 0 Å². The molecule has 3 heteroatoms. The molecule has 3 nitrogen and oxygen atoms in total. The number of likely N-dealkylation sites (N-methyl/N-ethyl adjacent to an activating group) is 1. The van der Waals surface area contributed by atoms with Crippen LogP contribution in [0, 0.1) is 0 Å². The van der Waals surface area contributed by atoms with Crippen molar-refractivity contribution in [3.63, 3.8) is 0 Å². The zero-order valence-electron chi connectivity index (χ0n) is 9.41. The first-order chi connectivity index (χ1) is 6.83. The number of aliphatic hydroxyl groups is 1. The smallest absolute Gasteiger partial charge is 0.0558 e. The van der Waals surface area contributed by atoms with E-state index in [0.717, 1.165) is 13.1 Å². The fraction of sp³-hybridized carbons (Fsp3) is 1.00.